The van der Waals surface area contributed by atoms with Crippen LogP contribution in [0.15, 0.2) is 65.3 Å². The number of likely N-dealkylation sites (N-methyl/N-ethyl adjacent to an activating group) is 1. The topological polar surface area (TPSA) is 58.1 Å². The van der Waals surface area contributed by atoms with E-state index in [4.69, 9.17) is 21.7 Å². The van der Waals surface area contributed by atoms with Gasteiger partial charge in [-0.3, -0.25) is 10.3 Å². The van der Waals surface area contributed by atoms with Crippen LogP contribution in [0.3, 0.4) is 0 Å². The Morgan fingerprint density at radius 3 is 2.49 bits per heavy atom. The lowest BCUT2D eigenvalue weighted by atomic mass is 10.1. The average Bonchev–Trinajstić information content (AvgIpc) is 3.28. The molecule has 8 heteroatoms. The van der Waals surface area contributed by atoms with E-state index in [-0.39, 0.29) is 6.10 Å². The molecule has 1 unspecified atom stereocenters. The number of ether oxygens (including phenoxy) is 1. The zero-order valence-corrected chi connectivity index (χ0v) is 22.6. The molecule has 3 fully saturated rings. The maximum Gasteiger partial charge on any atom is 0.127 e. The highest BCUT2D eigenvalue weighted by molar-refractivity contribution is 6.31. The van der Waals surface area contributed by atoms with Gasteiger partial charge in [0, 0.05) is 76.7 Å². The van der Waals surface area contributed by atoms with E-state index in [0.29, 0.717) is 17.5 Å². The summed E-state index contributed by atoms with van der Waals surface area (Å²) in [5.74, 6) is 0.520. The summed E-state index contributed by atoms with van der Waals surface area (Å²) in [5.41, 5.74) is 4.69. The van der Waals surface area contributed by atoms with Crippen LogP contribution in [0.25, 0.3) is 0 Å². The van der Waals surface area contributed by atoms with Gasteiger partial charge in [-0.05, 0) is 36.7 Å². The average molecular weight is 523 g/mol. The number of hydrogen-bond acceptors (Lipinski definition) is 6. The molecule has 5 rings (SSSR count). The molecule has 1 atom stereocenters. The van der Waals surface area contributed by atoms with Gasteiger partial charge in [-0.2, -0.15) is 0 Å². The molecule has 0 radical (unpaired) electrons. The zero-order valence-electron chi connectivity index (χ0n) is 21.8. The number of anilines is 1. The van der Waals surface area contributed by atoms with Gasteiger partial charge in [-0.15, -0.1) is 0 Å². The first-order valence-corrected chi connectivity index (χ1v) is 13.8. The fraction of sp³-hybridized carbons (Fsp3) is 0.483. The number of morpholine rings is 1. The molecule has 0 saturated carbocycles. The summed E-state index contributed by atoms with van der Waals surface area (Å²) in [6, 6.07) is 19.3. The molecule has 2 aromatic carbocycles. The van der Waals surface area contributed by atoms with Crippen LogP contribution in [0.1, 0.15) is 17.5 Å². The zero-order chi connectivity index (χ0) is 25.6. The number of nitrogens with zero attached hydrogens (tertiary/aromatic N) is 4. The van der Waals surface area contributed by atoms with Gasteiger partial charge in [0.15, 0.2) is 0 Å². The number of nitrogens with one attached hydrogen (secondary N) is 2. The molecule has 3 aliphatic heterocycles. The molecule has 37 heavy (non-hydrogen) atoms. The van der Waals surface area contributed by atoms with E-state index in [2.05, 4.69) is 86.6 Å². The maximum atomic E-state index is 8.75. The van der Waals surface area contributed by atoms with Crippen molar-refractivity contribution in [2.45, 2.75) is 25.6 Å². The first kappa shape index (κ1) is 26.0. The Labute approximate surface area is 226 Å². The Morgan fingerprint density at radius 1 is 0.973 bits per heavy atom. The minimum atomic E-state index is 0.0997. The van der Waals surface area contributed by atoms with Gasteiger partial charge in [0.2, 0.25) is 0 Å². The van der Waals surface area contributed by atoms with Crippen LogP contribution < -0.4 is 10.2 Å². The maximum absolute atomic E-state index is 8.75. The van der Waals surface area contributed by atoms with Crippen molar-refractivity contribution in [2.24, 2.45) is 0 Å². The highest BCUT2D eigenvalue weighted by Crippen LogP contribution is 2.24. The van der Waals surface area contributed by atoms with Crippen LogP contribution in [0.4, 0.5) is 5.69 Å². The van der Waals surface area contributed by atoms with Gasteiger partial charge in [0.25, 0.3) is 0 Å². The predicted octanol–water partition coefficient (Wildman–Crippen LogP) is 3.56. The smallest absolute Gasteiger partial charge is 0.127 e. The molecular formula is C29H39ClN6O. The van der Waals surface area contributed by atoms with E-state index >= 15 is 0 Å². The minimum absolute atomic E-state index is 0.0997. The van der Waals surface area contributed by atoms with Crippen molar-refractivity contribution in [3.8, 4) is 0 Å². The third kappa shape index (κ3) is 6.85. The Balaban J connectivity index is 1.10. The predicted molar refractivity (Wildman–Crippen MR) is 151 cm³/mol. The fourth-order valence-corrected chi connectivity index (χ4v) is 5.61. The Morgan fingerprint density at radius 2 is 1.73 bits per heavy atom. The fourth-order valence-electron chi connectivity index (χ4n) is 5.36. The molecule has 0 aliphatic carbocycles. The summed E-state index contributed by atoms with van der Waals surface area (Å²) in [5, 5.41) is 12.7. The third-order valence-electron chi connectivity index (χ3n) is 7.65. The van der Waals surface area contributed by atoms with Crippen LogP contribution in [0.2, 0.25) is 0 Å². The summed E-state index contributed by atoms with van der Waals surface area (Å²) in [6.45, 7) is 10.0. The molecule has 0 amide bonds. The SMILES string of the molecule is CN1CCN(c2ccc(CN/C(Cl)=C3/CCN(CC4CN(Cc5ccccc5)CCO4)C3=N)cc2)CC1. The second-order valence-electron chi connectivity index (χ2n) is 10.4. The second kappa shape index (κ2) is 12.3. The number of piperazine rings is 1. The first-order valence-electron chi connectivity index (χ1n) is 13.4. The van der Waals surface area contributed by atoms with E-state index < -0.39 is 0 Å². The van der Waals surface area contributed by atoms with Crippen LogP contribution in [0.5, 0.6) is 0 Å². The largest absolute Gasteiger partial charge is 0.374 e. The molecule has 3 saturated heterocycles. The number of halogens is 1. The normalized spacial score (nSPS) is 23.0. The third-order valence-corrected chi connectivity index (χ3v) is 8.01. The van der Waals surface area contributed by atoms with Gasteiger partial charge in [0.05, 0.1) is 12.7 Å². The van der Waals surface area contributed by atoms with Gasteiger partial charge < -0.3 is 24.8 Å². The van der Waals surface area contributed by atoms with Crippen molar-refractivity contribution in [3.05, 3.63) is 76.5 Å². The number of rotatable bonds is 8. The number of benzene rings is 2. The van der Waals surface area contributed by atoms with Gasteiger partial charge >= 0.3 is 0 Å². The number of likely N-dealkylation sites (tertiary alicyclic amines) is 1. The summed E-state index contributed by atoms with van der Waals surface area (Å²) in [4.78, 5) is 9.37. The summed E-state index contributed by atoms with van der Waals surface area (Å²) >= 11 is 6.67. The highest BCUT2D eigenvalue weighted by atomic mass is 35.5. The molecule has 0 bridgehead atoms. The standard InChI is InChI=1S/C29H39ClN6O/c1-33-13-15-35(16-14-33)25-9-7-23(8-10-25)19-32-28(30)27-11-12-36(29(27)31)22-26-21-34(17-18-37-26)20-24-5-3-2-4-6-24/h2-10,26,31-32H,11-22H2,1H3/b28-27-,31-29?. The van der Waals surface area contributed by atoms with Gasteiger partial charge in [-0.1, -0.05) is 54.1 Å². The Bertz CT molecular complexity index is 1070. The van der Waals surface area contributed by atoms with E-state index in [1.54, 1.807) is 0 Å². The van der Waals surface area contributed by atoms with Crippen LogP contribution in [-0.4, -0.2) is 92.7 Å². The van der Waals surface area contributed by atoms with Crippen molar-refractivity contribution in [1.29, 1.82) is 5.41 Å². The van der Waals surface area contributed by atoms with E-state index in [1.165, 1.54) is 16.8 Å². The van der Waals surface area contributed by atoms with Crippen molar-refractivity contribution in [2.75, 3.05) is 70.9 Å². The molecular weight excluding hydrogens is 484 g/mol. The van der Waals surface area contributed by atoms with Crippen molar-refractivity contribution in [1.82, 2.24) is 20.0 Å². The highest BCUT2D eigenvalue weighted by Gasteiger charge is 2.29. The minimum Gasteiger partial charge on any atom is -0.374 e. The molecule has 3 aliphatic rings. The molecule has 2 N–H and O–H groups in total. The summed E-state index contributed by atoms with van der Waals surface area (Å²) in [7, 11) is 2.18. The van der Waals surface area contributed by atoms with Crippen LogP contribution in [0, 0.1) is 5.41 Å². The van der Waals surface area contributed by atoms with Gasteiger partial charge in [-0.25, -0.2) is 0 Å². The quantitative estimate of drug-likeness (QED) is 0.517. The van der Waals surface area contributed by atoms with Crippen molar-refractivity contribution >= 4 is 23.1 Å². The molecule has 0 spiro atoms. The lowest BCUT2D eigenvalue weighted by Crippen LogP contribution is -2.47. The monoisotopic (exact) mass is 522 g/mol. The van der Waals surface area contributed by atoms with E-state index in [9.17, 15) is 0 Å². The van der Waals surface area contributed by atoms with Crippen LogP contribution in [-0.2, 0) is 17.8 Å². The number of hydrogen-bond donors (Lipinski definition) is 2. The lowest BCUT2D eigenvalue weighted by Gasteiger charge is -2.35. The molecule has 2 aromatic rings. The summed E-state index contributed by atoms with van der Waals surface area (Å²) < 4.78 is 6.07. The van der Waals surface area contributed by atoms with Crippen LogP contribution >= 0.6 is 11.6 Å². The molecule has 3 heterocycles. The lowest BCUT2D eigenvalue weighted by molar-refractivity contribution is -0.0382. The Hall–Kier alpha value is -2.58. The van der Waals surface area contributed by atoms with E-state index in [0.717, 1.165) is 77.5 Å². The van der Waals surface area contributed by atoms with E-state index in [1.807, 2.05) is 0 Å². The number of amidine groups is 1. The molecule has 7 nitrogen and oxygen atoms in total. The Kier molecular flexibility index (Phi) is 8.66. The first-order chi connectivity index (χ1) is 18.0. The van der Waals surface area contributed by atoms with Crippen molar-refractivity contribution < 1.29 is 4.74 Å². The summed E-state index contributed by atoms with van der Waals surface area (Å²) in [6.07, 6.45) is 0.885. The van der Waals surface area contributed by atoms with Gasteiger partial charge in [0.1, 0.15) is 11.0 Å². The molecule has 198 valence electrons. The van der Waals surface area contributed by atoms with Crippen molar-refractivity contribution in [3.63, 3.8) is 0 Å². The second-order valence-corrected chi connectivity index (χ2v) is 10.7. The molecule has 0 aromatic heterocycles.